The number of nitrogens with two attached hydrogens (primary N) is 1. The van der Waals surface area contributed by atoms with Gasteiger partial charge in [0.15, 0.2) is 0 Å². The molecular formula is C15H16N4O. The molecule has 0 radical (unpaired) electrons. The molecule has 5 nitrogen and oxygen atoms in total. The SMILES string of the molecule is COc1ccc(C(C)Nc2ncc(C#N)cc2N)cc1. The summed E-state index contributed by atoms with van der Waals surface area (Å²) in [5, 5.41) is 12.0. The highest BCUT2D eigenvalue weighted by atomic mass is 16.5. The molecule has 2 aromatic rings. The number of hydrogen-bond acceptors (Lipinski definition) is 5. The molecule has 20 heavy (non-hydrogen) atoms. The van der Waals surface area contributed by atoms with Crippen LogP contribution in [0.15, 0.2) is 36.5 Å². The van der Waals surface area contributed by atoms with Gasteiger partial charge < -0.3 is 15.8 Å². The van der Waals surface area contributed by atoms with Crippen molar-refractivity contribution < 1.29 is 4.74 Å². The van der Waals surface area contributed by atoms with Gasteiger partial charge in [-0.05, 0) is 30.7 Å². The van der Waals surface area contributed by atoms with Gasteiger partial charge in [-0.1, -0.05) is 12.1 Å². The van der Waals surface area contributed by atoms with E-state index in [2.05, 4.69) is 10.3 Å². The first-order valence-electron chi connectivity index (χ1n) is 6.20. The second-order valence-electron chi connectivity index (χ2n) is 4.41. The zero-order chi connectivity index (χ0) is 14.5. The highest BCUT2D eigenvalue weighted by Crippen LogP contribution is 2.24. The Morgan fingerprint density at radius 3 is 2.60 bits per heavy atom. The highest BCUT2D eigenvalue weighted by molar-refractivity contribution is 5.63. The molecule has 3 N–H and O–H groups in total. The fourth-order valence-electron chi connectivity index (χ4n) is 1.84. The first-order valence-corrected chi connectivity index (χ1v) is 6.20. The van der Waals surface area contributed by atoms with Crippen LogP contribution in [0, 0.1) is 11.3 Å². The summed E-state index contributed by atoms with van der Waals surface area (Å²) in [5.74, 6) is 1.39. The summed E-state index contributed by atoms with van der Waals surface area (Å²) in [4.78, 5) is 4.16. The Kier molecular flexibility index (Phi) is 4.06. The summed E-state index contributed by atoms with van der Waals surface area (Å²) in [5.41, 5.74) is 7.88. The molecule has 0 saturated heterocycles. The molecule has 0 aliphatic carbocycles. The van der Waals surface area contributed by atoms with Crippen molar-refractivity contribution >= 4 is 11.5 Å². The number of ether oxygens (including phenoxy) is 1. The minimum atomic E-state index is 0.0450. The third-order valence-electron chi connectivity index (χ3n) is 3.02. The van der Waals surface area contributed by atoms with Gasteiger partial charge in [0.2, 0.25) is 0 Å². The Bertz CT molecular complexity index is 631. The van der Waals surface area contributed by atoms with Crippen molar-refractivity contribution in [1.29, 1.82) is 5.26 Å². The molecule has 0 aliphatic rings. The summed E-state index contributed by atoms with van der Waals surface area (Å²) in [7, 11) is 1.64. The Balaban J connectivity index is 2.14. The number of benzene rings is 1. The molecule has 102 valence electrons. The second-order valence-corrected chi connectivity index (χ2v) is 4.41. The summed E-state index contributed by atoms with van der Waals surface area (Å²) >= 11 is 0. The number of nitrogen functional groups attached to an aromatic ring is 1. The van der Waals surface area contributed by atoms with Crippen molar-refractivity contribution in [2.24, 2.45) is 0 Å². The maximum Gasteiger partial charge on any atom is 0.149 e. The van der Waals surface area contributed by atoms with Crippen LogP contribution < -0.4 is 15.8 Å². The molecule has 1 heterocycles. The van der Waals surface area contributed by atoms with E-state index in [9.17, 15) is 0 Å². The van der Waals surface area contributed by atoms with Crippen LogP contribution >= 0.6 is 0 Å². The van der Waals surface area contributed by atoms with Crippen LogP contribution in [-0.2, 0) is 0 Å². The molecule has 1 atom stereocenters. The third kappa shape index (κ3) is 2.98. The minimum absolute atomic E-state index is 0.0450. The standard InChI is InChI=1S/C15H16N4O/c1-10(12-3-5-13(20-2)6-4-12)19-15-14(17)7-11(8-16)9-18-15/h3-7,9-10H,17H2,1-2H3,(H,18,19). The van der Waals surface area contributed by atoms with E-state index in [1.165, 1.54) is 6.20 Å². The second kappa shape index (κ2) is 5.93. The largest absolute Gasteiger partial charge is 0.497 e. The molecule has 0 saturated carbocycles. The number of aromatic nitrogens is 1. The predicted molar refractivity (Wildman–Crippen MR) is 78.4 cm³/mol. The third-order valence-corrected chi connectivity index (χ3v) is 3.02. The number of methoxy groups -OCH3 is 1. The molecule has 0 spiro atoms. The van der Waals surface area contributed by atoms with Crippen LogP contribution in [0.25, 0.3) is 0 Å². The Labute approximate surface area is 118 Å². The Morgan fingerprint density at radius 1 is 1.35 bits per heavy atom. The molecule has 0 aliphatic heterocycles. The van der Waals surface area contributed by atoms with Crippen molar-refractivity contribution in [3.8, 4) is 11.8 Å². The monoisotopic (exact) mass is 268 g/mol. The van der Waals surface area contributed by atoms with E-state index in [4.69, 9.17) is 15.7 Å². The van der Waals surface area contributed by atoms with E-state index < -0.39 is 0 Å². The quantitative estimate of drug-likeness (QED) is 0.890. The first kappa shape index (κ1) is 13.7. The molecule has 0 fully saturated rings. The summed E-state index contributed by atoms with van der Waals surface area (Å²) < 4.78 is 5.13. The van der Waals surface area contributed by atoms with Gasteiger partial charge in [-0.2, -0.15) is 5.26 Å². The highest BCUT2D eigenvalue weighted by Gasteiger charge is 2.09. The smallest absolute Gasteiger partial charge is 0.149 e. The number of nitrogens with one attached hydrogen (secondary N) is 1. The van der Waals surface area contributed by atoms with Gasteiger partial charge in [0.25, 0.3) is 0 Å². The zero-order valence-electron chi connectivity index (χ0n) is 11.4. The average molecular weight is 268 g/mol. The fraction of sp³-hybridized carbons (Fsp3) is 0.200. The van der Waals surface area contributed by atoms with Crippen molar-refractivity contribution in [3.05, 3.63) is 47.7 Å². The number of hydrogen-bond donors (Lipinski definition) is 2. The molecule has 0 bridgehead atoms. The van der Waals surface area contributed by atoms with Gasteiger partial charge in [-0.3, -0.25) is 0 Å². The van der Waals surface area contributed by atoms with Gasteiger partial charge in [-0.15, -0.1) is 0 Å². The van der Waals surface area contributed by atoms with Gasteiger partial charge >= 0.3 is 0 Å². The van der Waals surface area contributed by atoms with E-state index in [0.29, 0.717) is 17.1 Å². The van der Waals surface area contributed by atoms with Gasteiger partial charge in [-0.25, -0.2) is 4.98 Å². The van der Waals surface area contributed by atoms with Crippen LogP contribution in [0.1, 0.15) is 24.1 Å². The lowest BCUT2D eigenvalue weighted by Crippen LogP contribution is -2.10. The van der Waals surface area contributed by atoms with E-state index in [1.807, 2.05) is 37.3 Å². The Morgan fingerprint density at radius 2 is 2.05 bits per heavy atom. The topological polar surface area (TPSA) is 84.0 Å². The summed E-state index contributed by atoms with van der Waals surface area (Å²) in [6.45, 7) is 2.02. The number of rotatable bonds is 4. The van der Waals surface area contributed by atoms with Crippen LogP contribution in [0.2, 0.25) is 0 Å². The maximum absolute atomic E-state index is 8.78. The lowest BCUT2D eigenvalue weighted by Gasteiger charge is -2.16. The molecule has 0 amide bonds. The van der Waals surface area contributed by atoms with Gasteiger partial charge in [0.05, 0.1) is 24.4 Å². The molecule has 1 unspecified atom stereocenters. The first-order chi connectivity index (χ1) is 9.63. The van der Waals surface area contributed by atoms with Crippen LogP contribution in [0.4, 0.5) is 11.5 Å². The number of pyridine rings is 1. The normalized spacial score (nSPS) is 11.4. The minimum Gasteiger partial charge on any atom is -0.497 e. The van der Waals surface area contributed by atoms with Crippen molar-refractivity contribution in [1.82, 2.24) is 4.98 Å². The Hall–Kier alpha value is -2.74. The zero-order valence-corrected chi connectivity index (χ0v) is 11.4. The lowest BCUT2D eigenvalue weighted by molar-refractivity contribution is 0.414. The number of nitriles is 1. The fourth-order valence-corrected chi connectivity index (χ4v) is 1.84. The van der Waals surface area contributed by atoms with E-state index in [1.54, 1.807) is 13.2 Å². The molecule has 5 heteroatoms. The maximum atomic E-state index is 8.78. The predicted octanol–water partition coefficient (Wildman–Crippen LogP) is 2.72. The molecule has 2 rings (SSSR count). The molecule has 1 aromatic heterocycles. The average Bonchev–Trinajstić information content (AvgIpc) is 2.49. The van der Waals surface area contributed by atoms with E-state index in [-0.39, 0.29) is 6.04 Å². The van der Waals surface area contributed by atoms with Crippen molar-refractivity contribution in [2.45, 2.75) is 13.0 Å². The van der Waals surface area contributed by atoms with Crippen molar-refractivity contribution in [2.75, 3.05) is 18.2 Å². The van der Waals surface area contributed by atoms with Crippen LogP contribution in [0.3, 0.4) is 0 Å². The van der Waals surface area contributed by atoms with E-state index in [0.717, 1.165) is 11.3 Å². The van der Waals surface area contributed by atoms with E-state index >= 15 is 0 Å². The van der Waals surface area contributed by atoms with Crippen molar-refractivity contribution in [3.63, 3.8) is 0 Å². The molecule has 1 aromatic carbocycles. The number of nitrogens with zero attached hydrogens (tertiary/aromatic N) is 2. The van der Waals surface area contributed by atoms with Gasteiger partial charge in [0, 0.05) is 6.20 Å². The summed E-state index contributed by atoms with van der Waals surface area (Å²) in [6, 6.07) is 11.4. The van der Waals surface area contributed by atoms with Crippen LogP contribution in [-0.4, -0.2) is 12.1 Å². The molecular weight excluding hydrogens is 252 g/mol. The van der Waals surface area contributed by atoms with Crippen LogP contribution in [0.5, 0.6) is 5.75 Å². The number of anilines is 2. The summed E-state index contributed by atoms with van der Waals surface area (Å²) in [6.07, 6.45) is 1.50. The van der Waals surface area contributed by atoms with Gasteiger partial charge in [0.1, 0.15) is 17.6 Å². The lowest BCUT2D eigenvalue weighted by atomic mass is 10.1.